The highest BCUT2D eigenvalue weighted by molar-refractivity contribution is 8.00. The summed E-state index contributed by atoms with van der Waals surface area (Å²) in [5, 5.41) is 8.82. The van der Waals surface area contributed by atoms with Crippen LogP contribution >= 0.6 is 23.5 Å². The molecule has 15 nitrogen and oxygen atoms in total. The molecular formula is C46H40F10N8O7S4. The third-order valence-corrected chi connectivity index (χ3v) is 16.0. The number of carboxylic acid groups (broad SMARTS) is 1. The van der Waals surface area contributed by atoms with Crippen molar-refractivity contribution in [3.63, 3.8) is 0 Å². The van der Waals surface area contributed by atoms with Crippen LogP contribution in [0.1, 0.15) is 30.7 Å². The van der Waals surface area contributed by atoms with E-state index in [-0.39, 0.29) is 75.5 Å². The van der Waals surface area contributed by atoms with Crippen LogP contribution in [-0.4, -0.2) is 116 Å². The number of aryl methyl sites for hydroxylation is 1. The Morgan fingerprint density at radius 3 is 1.57 bits per heavy atom. The number of Topliss-reactive ketones (excluding diaryl/α,β-unsaturated/α-hetero) is 1. The predicted octanol–water partition coefficient (Wildman–Crippen LogP) is 8.82. The van der Waals surface area contributed by atoms with Crippen molar-refractivity contribution in [2.24, 2.45) is 5.73 Å². The minimum atomic E-state index is -4.40. The van der Waals surface area contributed by atoms with E-state index in [1.807, 2.05) is 0 Å². The van der Waals surface area contributed by atoms with Crippen LogP contribution < -0.4 is 5.73 Å². The lowest BCUT2D eigenvalue weighted by Crippen LogP contribution is -2.40. The summed E-state index contributed by atoms with van der Waals surface area (Å²) in [6, 6.07) is 17.1. The van der Waals surface area contributed by atoms with Crippen LogP contribution in [0, 0.1) is 11.6 Å². The number of benzene rings is 3. The minimum absolute atomic E-state index is 0.0269. The third-order valence-electron chi connectivity index (χ3n) is 10.8. The third kappa shape index (κ3) is 16.2. The second-order valence-electron chi connectivity index (χ2n) is 16.1. The molecule has 6 aromatic rings. The first-order valence-electron chi connectivity index (χ1n) is 21.7. The van der Waals surface area contributed by atoms with E-state index in [1.54, 1.807) is 12.1 Å². The Morgan fingerprint density at radius 1 is 0.627 bits per heavy atom. The molecule has 0 spiro atoms. The Bertz CT molecular complexity index is 3150. The molecule has 0 amide bonds. The summed E-state index contributed by atoms with van der Waals surface area (Å²) in [7, 11) is -8.35. The zero-order valence-electron chi connectivity index (χ0n) is 38.2. The SMILES string of the molecule is NCc1cc(-c2ccc(SC(F)(F)F)nc2)ncn1.O=C(CCc1cc(-c2ccc(SC(F)(F)F)cc2)ncn1)[C@@H]1C[C@@H](F)CN1S(=O)(=O)c1ccc(F)cc1.O=C(O)[C@@H]1C[C@@H](F)CN1S(=O)(=O)c1ccc(F)cc1. The Kier molecular flexibility index (Phi) is 19.2. The lowest BCUT2D eigenvalue weighted by atomic mass is 10.0. The van der Waals surface area contributed by atoms with Gasteiger partial charge >= 0.3 is 17.0 Å². The molecule has 29 heteroatoms. The first-order chi connectivity index (χ1) is 35.2. The fraction of sp³-hybridized carbons (Fsp3) is 0.283. The number of sulfonamides is 2. The first kappa shape index (κ1) is 58.2. The molecule has 0 unspecified atom stereocenters. The lowest BCUT2D eigenvalue weighted by Gasteiger charge is -2.22. The van der Waals surface area contributed by atoms with Gasteiger partial charge in [-0.15, -0.1) is 0 Å². The molecule has 2 saturated heterocycles. The number of alkyl halides is 8. The second kappa shape index (κ2) is 24.7. The fourth-order valence-corrected chi connectivity index (χ4v) is 11.6. The predicted molar refractivity (Wildman–Crippen MR) is 253 cm³/mol. The van der Waals surface area contributed by atoms with Gasteiger partial charge in [-0.3, -0.25) is 9.59 Å². The van der Waals surface area contributed by atoms with E-state index in [0.29, 0.717) is 38.2 Å². The molecule has 400 valence electrons. The van der Waals surface area contributed by atoms with Crippen LogP contribution in [-0.2, 0) is 42.6 Å². The van der Waals surface area contributed by atoms with Gasteiger partial charge in [0.2, 0.25) is 20.0 Å². The molecule has 0 saturated carbocycles. The zero-order chi connectivity index (χ0) is 54.9. The molecule has 2 fully saturated rings. The zero-order valence-corrected chi connectivity index (χ0v) is 41.5. The smallest absolute Gasteiger partial charge is 0.447 e. The van der Waals surface area contributed by atoms with Crippen LogP contribution in [0.25, 0.3) is 22.5 Å². The summed E-state index contributed by atoms with van der Waals surface area (Å²) >= 11 is -0.480. The summed E-state index contributed by atoms with van der Waals surface area (Å²) < 4.78 is 179. The average molecular weight is 1140 g/mol. The molecule has 5 heterocycles. The number of hydrogen-bond donors (Lipinski definition) is 2. The highest BCUT2D eigenvalue weighted by atomic mass is 32.2. The molecular weight excluding hydrogens is 1090 g/mol. The number of thioether (sulfide) groups is 2. The highest BCUT2D eigenvalue weighted by Gasteiger charge is 2.45. The maximum absolute atomic E-state index is 14.2. The number of halogens is 10. The summed E-state index contributed by atoms with van der Waals surface area (Å²) in [5.74, 6) is -3.12. The Balaban J connectivity index is 0.000000202. The van der Waals surface area contributed by atoms with E-state index >= 15 is 0 Å². The Morgan fingerprint density at radius 2 is 1.09 bits per heavy atom. The normalized spacial score (nSPS) is 18.4. The number of nitrogens with two attached hydrogens (primary N) is 1. The second-order valence-corrected chi connectivity index (χ2v) is 22.1. The molecule has 3 aromatic heterocycles. The summed E-state index contributed by atoms with van der Waals surface area (Å²) in [6.45, 7) is -0.710. The largest absolute Gasteiger partial charge is 0.480 e. The number of carbonyl (C=O) groups is 2. The maximum atomic E-state index is 14.2. The van der Waals surface area contributed by atoms with Crippen LogP contribution in [0.4, 0.5) is 43.9 Å². The van der Waals surface area contributed by atoms with Crippen LogP contribution in [0.3, 0.4) is 0 Å². The van der Waals surface area contributed by atoms with Crippen molar-refractivity contribution in [2.45, 2.75) is 87.4 Å². The molecule has 0 bridgehead atoms. The van der Waals surface area contributed by atoms with Gasteiger partial charge in [-0.05, 0) is 103 Å². The summed E-state index contributed by atoms with van der Waals surface area (Å²) in [5.41, 5.74) is 0.00317. The van der Waals surface area contributed by atoms with Gasteiger partial charge in [0, 0.05) is 78.6 Å². The molecule has 4 atom stereocenters. The number of ketones is 1. The van der Waals surface area contributed by atoms with Crippen LogP contribution in [0.15, 0.2) is 136 Å². The van der Waals surface area contributed by atoms with E-state index in [4.69, 9.17) is 10.8 Å². The van der Waals surface area contributed by atoms with Crippen LogP contribution in [0.2, 0.25) is 0 Å². The van der Waals surface area contributed by atoms with Gasteiger partial charge in [0.25, 0.3) is 0 Å². The number of aliphatic carboxylic acids is 1. The van der Waals surface area contributed by atoms with Gasteiger partial charge in [0.1, 0.15) is 47.7 Å². The summed E-state index contributed by atoms with van der Waals surface area (Å²) in [6.07, 6.45) is 0.258. The topological polar surface area (TPSA) is 220 Å². The monoisotopic (exact) mass is 1130 g/mol. The summed E-state index contributed by atoms with van der Waals surface area (Å²) in [4.78, 5) is 43.4. The van der Waals surface area contributed by atoms with Crippen molar-refractivity contribution in [3.8, 4) is 22.5 Å². The molecule has 2 aliphatic heterocycles. The van der Waals surface area contributed by atoms with Crippen molar-refractivity contribution in [3.05, 3.63) is 139 Å². The van der Waals surface area contributed by atoms with Crippen molar-refractivity contribution >= 4 is 55.3 Å². The van der Waals surface area contributed by atoms with Gasteiger partial charge in [0.15, 0.2) is 5.78 Å². The average Bonchev–Trinajstić information content (AvgIpc) is 3.97. The maximum Gasteiger partial charge on any atom is 0.447 e. The molecule has 3 aromatic carbocycles. The number of pyridine rings is 1. The van der Waals surface area contributed by atoms with Gasteiger partial charge in [-0.2, -0.15) is 35.0 Å². The fourth-order valence-electron chi connectivity index (χ4n) is 7.36. The van der Waals surface area contributed by atoms with Crippen molar-refractivity contribution < 1.29 is 75.4 Å². The highest BCUT2D eigenvalue weighted by Crippen LogP contribution is 2.38. The van der Waals surface area contributed by atoms with Gasteiger partial charge in [-0.1, -0.05) is 12.1 Å². The number of carbonyl (C=O) groups excluding carboxylic acids is 1. The lowest BCUT2D eigenvalue weighted by molar-refractivity contribution is -0.140. The molecule has 0 aliphatic carbocycles. The van der Waals surface area contributed by atoms with Gasteiger partial charge in [-0.25, -0.2) is 59.3 Å². The Labute approximate surface area is 430 Å². The number of nitrogens with zero attached hydrogens (tertiary/aromatic N) is 7. The molecule has 75 heavy (non-hydrogen) atoms. The molecule has 0 radical (unpaired) electrons. The van der Waals surface area contributed by atoms with Crippen LogP contribution in [0.5, 0.6) is 0 Å². The minimum Gasteiger partial charge on any atom is -0.480 e. The number of hydrogen-bond acceptors (Lipinski definition) is 14. The quantitative estimate of drug-likeness (QED) is 0.0769. The number of aromatic nitrogens is 5. The van der Waals surface area contributed by atoms with E-state index in [0.717, 1.165) is 52.8 Å². The molecule has 2 aliphatic rings. The Hall–Kier alpha value is -6.11. The van der Waals surface area contributed by atoms with Gasteiger partial charge < -0.3 is 10.8 Å². The number of carboxylic acids is 1. The van der Waals surface area contributed by atoms with E-state index in [2.05, 4.69) is 24.9 Å². The van der Waals surface area contributed by atoms with Crippen molar-refractivity contribution in [1.29, 1.82) is 0 Å². The van der Waals surface area contributed by atoms with E-state index in [9.17, 15) is 70.3 Å². The number of rotatable bonds is 14. The van der Waals surface area contributed by atoms with E-state index < -0.39 is 92.0 Å². The van der Waals surface area contributed by atoms with Crippen molar-refractivity contribution in [2.75, 3.05) is 13.1 Å². The van der Waals surface area contributed by atoms with Gasteiger partial charge in [0.05, 0.1) is 32.9 Å². The van der Waals surface area contributed by atoms with E-state index in [1.165, 1.54) is 55.2 Å². The molecule has 3 N–H and O–H groups in total. The standard InChI is InChI=1S/C24H20F5N3O3S2.C11H9F3N4S.C11H11F2NO4S/c25-16-3-8-20(9-4-16)37(34,35)32-13-17(26)11-22(32)23(33)10-5-18-12-21(31-14-30-18)15-1-6-19(7-2-15)36-24(27,28)29;12-11(13,14)19-10-2-1-7(5-16-10)9-3-8(4-15)17-6-18-9;12-7-1-3-9(4-2-7)19(17,18)14-6-8(13)5-10(14)11(15)16/h1-4,6-9,12,14,17,22H,5,10-11,13H2;1-3,5-6H,4,15H2;1-4,8,10H,5-6H2,(H,15,16)/t17-,22+;;8-,10+/m1.1/s1. The first-order valence-corrected chi connectivity index (χ1v) is 26.2. The molecule has 8 rings (SSSR count). The van der Waals surface area contributed by atoms with Crippen molar-refractivity contribution in [1.82, 2.24) is 33.5 Å².